The number of rotatable bonds is 3. The van der Waals surface area contributed by atoms with Crippen molar-refractivity contribution in [3.63, 3.8) is 0 Å². The molecule has 0 radical (unpaired) electrons. The Kier molecular flexibility index (Phi) is 3.20. The van der Waals surface area contributed by atoms with Crippen LogP contribution in [0.3, 0.4) is 0 Å². The third-order valence-corrected chi connectivity index (χ3v) is 4.20. The summed E-state index contributed by atoms with van der Waals surface area (Å²) in [7, 11) is 4.96. The number of H-pyrrole nitrogens is 1. The second-order valence-corrected chi connectivity index (χ2v) is 5.65. The molecule has 3 aromatic rings. The van der Waals surface area contributed by atoms with E-state index in [-0.39, 0.29) is 11.2 Å². The van der Waals surface area contributed by atoms with Gasteiger partial charge < -0.3 is 9.55 Å². The minimum Gasteiger partial charge on any atom is -0.337 e. The first-order valence-corrected chi connectivity index (χ1v) is 7.22. The van der Waals surface area contributed by atoms with Gasteiger partial charge in [0.2, 0.25) is 0 Å². The van der Waals surface area contributed by atoms with E-state index in [1.54, 1.807) is 13.2 Å². The van der Waals surface area contributed by atoms with Crippen molar-refractivity contribution in [2.75, 3.05) is 0 Å². The fourth-order valence-electron chi connectivity index (χ4n) is 2.04. The van der Waals surface area contributed by atoms with Gasteiger partial charge in [-0.2, -0.15) is 0 Å². The average molecular weight is 306 g/mol. The third kappa shape index (κ3) is 2.19. The number of hydrogen-bond donors (Lipinski definition) is 1. The number of aryl methyl sites for hydroxylation is 2. The van der Waals surface area contributed by atoms with Crippen LogP contribution in [0, 0.1) is 0 Å². The number of aromatic amines is 1. The highest BCUT2D eigenvalue weighted by molar-refractivity contribution is 7.98. The Balaban J connectivity index is 2.00. The molecule has 21 heavy (non-hydrogen) atoms. The molecule has 0 aliphatic rings. The molecule has 9 heteroatoms. The highest BCUT2D eigenvalue weighted by Gasteiger charge is 2.14. The molecule has 0 unspecified atom stereocenters. The van der Waals surface area contributed by atoms with Crippen LogP contribution < -0.4 is 11.2 Å². The molecule has 0 aliphatic carbocycles. The molecule has 8 nitrogen and oxygen atoms in total. The molecule has 0 aromatic carbocycles. The summed E-state index contributed by atoms with van der Waals surface area (Å²) >= 11 is 1.43. The van der Waals surface area contributed by atoms with E-state index in [0.717, 1.165) is 10.4 Å². The first-order chi connectivity index (χ1) is 9.99. The molecule has 3 heterocycles. The third-order valence-electron chi connectivity index (χ3n) is 3.33. The minimum atomic E-state index is -0.389. The second kappa shape index (κ2) is 4.92. The summed E-state index contributed by atoms with van der Waals surface area (Å²) in [6.07, 6.45) is 3.60. The fourth-order valence-corrected chi connectivity index (χ4v) is 2.91. The van der Waals surface area contributed by atoms with Gasteiger partial charge in [-0.3, -0.25) is 13.9 Å². The highest BCUT2D eigenvalue weighted by atomic mass is 32.2. The van der Waals surface area contributed by atoms with E-state index in [1.165, 1.54) is 23.4 Å². The first kappa shape index (κ1) is 13.7. The lowest BCUT2D eigenvalue weighted by Crippen LogP contribution is -2.36. The Morgan fingerprint density at radius 2 is 2.00 bits per heavy atom. The normalized spacial score (nSPS) is 11.4. The lowest BCUT2D eigenvalue weighted by Gasteiger charge is -2.00. The number of thioether (sulfide) groups is 1. The van der Waals surface area contributed by atoms with Gasteiger partial charge in [0.05, 0.1) is 5.75 Å². The number of nitrogens with one attached hydrogen (secondary N) is 1. The first-order valence-electron chi connectivity index (χ1n) is 6.23. The SMILES string of the molecule is Cn1ccnc1CSc1nc2c([nH]1)c(=O)n(C)c(=O)n2C. The quantitative estimate of drug-likeness (QED) is 0.687. The zero-order valence-electron chi connectivity index (χ0n) is 11.8. The van der Waals surface area contributed by atoms with Crippen molar-refractivity contribution in [3.8, 4) is 0 Å². The fraction of sp³-hybridized carbons (Fsp3) is 0.333. The van der Waals surface area contributed by atoms with E-state index in [9.17, 15) is 9.59 Å². The maximum atomic E-state index is 12.1. The van der Waals surface area contributed by atoms with Crippen molar-refractivity contribution >= 4 is 22.9 Å². The minimum absolute atomic E-state index is 0.335. The Morgan fingerprint density at radius 1 is 1.24 bits per heavy atom. The van der Waals surface area contributed by atoms with Crippen LogP contribution in [0.15, 0.2) is 27.1 Å². The Hall–Kier alpha value is -2.29. The number of aromatic nitrogens is 6. The van der Waals surface area contributed by atoms with Crippen molar-refractivity contribution in [1.29, 1.82) is 0 Å². The van der Waals surface area contributed by atoms with Crippen molar-refractivity contribution < 1.29 is 0 Å². The molecule has 1 N–H and O–H groups in total. The molecule has 0 aliphatic heterocycles. The predicted octanol–water partition coefficient (Wildman–Crippen LogP) is -0.0139. The number of imidazole rings is 2. The Morgan fingerprint density at radius 3 is 2.67 bits per heavy atom. The van der Waals surface area contributed by atoms with Crippen molar-refractivity contribution in [2.45, 2.75) is 10.9 Å². The molecular weight excluding hydrogens is 292 g/mol. The monoisotopic (exact) mass is 306 g/mol. The average Bonchev–Trinajstić information content (AvgIpc) is 3.07. The molecular formula is C12H14N6O2S. The van der Waals surface area contributed by atoms with Crippen LogP contribution in [-0.4, -0.2) is 28.7 Å². The summed E-state index contributed by atoms with van der Waals surface area (Å²) in [5.74, 6) is 1.53. The molecule has 3 rings (SSSR count). The Labute approximate surface area is 123 Å². The van der Waals surface area contributed by atoms with Gasteiger partial charge in [0.15, 0.2) is 16.3 Å². The highest BCUT2D eigenvalue weighted by Crippen LogP contribution is 2.20. The van der Waals surface area contributed by atoms with E-state index >= 15 is 0 Å². The van der Waals surface area contributed by atoms with Crippen molar-refractivity contribution in [1.82, 2.24) is 28.7 Å². The van der Waals surface area contributed by atoms with E-state index in [2.05, 4.69) is 15.0 Å². The zero-order chi connectivity index (χ0) is 15.1. The van der Waals surface area contributed by atoms with Gasteiger partial charge >= 0.3 is 5.69 Å². The summed E-state index contributed by atoms with van der Waals surface area (Å²) in [6.45, 7) is 0. The van der Waals surface area contributed by atoms with Crippen LogP contribution >= 0.6 is 11.8 Å². The van der Waals surface area contributed by atoms with Crippen LogP contribution in [0.2, 0.25) is 0 Å². The summed E-state index contributed by atoms with van der Waals surface area (Å²) in [5, 5.41) is 0.589. The molecule has 0 saturated heterocycles. The van der Waals surface area contributed by atoms with Crippen LogP contribution in [0.1, 0.15) is 5.82 Å². The van der Waals surface area contributed by atoms with Gasteiger partial charge in [-0.05, 0) is 0 Å². The maximum Gasteiger partial charge on any atom is 0.332 e. The van der Waals surface area contributed by atoms with Gasteiger partial charge in [0.25, 0.3) is 5.56 Å². The molecule has 0 saturated carbocycles. The van der Waals surface area contributed by atoms with Gasteiger partial charge in [-0.15, -0.1) is 0 Å². The number of fused-ring (bicyclic) bond motifs is 1. The lowest BCUT2D eigenvalue weighted by molar-refractivity contribution is 0.708. The van der Waals surface area contributed by atoms with Gasteiger partial charge in [-0.1, -0.05) is 11.8 Å². The lowest BCUT2D eigenvalue weighted by atomic mass is 10.5. The van der Waals surface area contributed by atoms with Crippen LogP contribution in [0.25, 0.3) is 11.2 Å². The summed E-state index contributed by atoms with van der Waals surface area (Å²) < 4.78 is 4.34. The van der Waals surface area contributed by atoms with Gasteiger partial charge in [0, 0.05) is 33.5 Å². The maximum absolute atomic E-state index is 12.1. The molecule has 0 spiro atoms. The summed E-state index contributed by atoms with van der Waals surface area (Å²) in [4.78, 5) is 35.4. The standard InChI is InChI=1S/C12H14N6O2S/c1-16-5-4-13-7(16)6-21-11-14-8-9(15-11)17(2)12(20)18(3)10(8)19/h4-5H,6H2,1-3H3,(H,14,15). The smallest absolute Gasteiger partial charge is 0.332 e. The molecule has 3 aromatic heterocycles. The largest absolute Gasteiger partial charge is 0.337 e. The Bertz CT molecular complexity index is 932. The van der Waals surface area contributed by atoms with Crippen LogP contribution in [0.5, 0.6) is 0 Å². The van der Waals surface area contributed by atoms with Gasteiger partial charge in [-0.25, -0.2) is 14.8 Å². The number of nitrogens with zero attached hydrogens (tertiary/aromatic N) is 5. The predicted molar refractivity (Wildman–Crippen MR) is 79.3 cm³/mol. The molecule has 0 amide bonds. The number of hydrogen-bond acceptors (Lipinski definition) is 5. The molecule has 110 valence electrons. The van der Waals surface area contributed by atoms with E-state index in [4.69, 9.17) is 0 Å². The van der Waals surface area contributed by atoms with Crippen LogP contribution in [0.4, 0.5) is 0 Å². The van der Waals surface area contributed by atoms with Crippen LogP contribution in [-0.2, 0) is 26.9 Å². The zero-order valence-corrected chi connectivity index (χ0v) is 12.6. The molecule has 0 bridgehead atoms. The van der Waals surface area contributed by atoms with E-state index in [1.807, 2.05) is 17.8 Å². The summed E-state index contributed by atoms with van der Waals surface area (Å²) in [5.41, 5.74) is -0.0588. The van der Waals surface area contributed by atoms with E-state index < -0.39 is 0 Å². The van der Waals surface area contributed by atoms with Crippen molar-refractivity contribution in [3.05, 3.63) is 39.1 Å². The topological polar surface area (TPSA) is 90.5 Å². The molecule has 0 atom stereocenters. The van der Waals surface area contributed by atoms with Gasteiger partial charge in [0.1, 0.15) is 5.82 Å². The second-order valence-electron chi connectivity index (χ2n) is 4.69. The molecule has 0 fully saturated rings. The summed E-state index contributed by atoms with van der Waals surface area (Å²) in [6, 6.07) is 0. The van der Waals surface area contributed by atoms with Crippen molar-refractivity contribution in [2.24, 2.45) is 21.1 Å². The van der Waals surface area contributed by atoms with E-state index in [0.29, 0.717) is 22.1 Å².